The summed E-state index contributed by atoms with van der Waals surface area (Å²) in [5, 5.41) is 0.579. The molecule has 1 atom stereocenters. The number of hydrogen-bond acceptors (Lipinski definition) is 3. The first-order valence-corrected chi connectivity index (χ1v) is 7.31. The van der Waals surface area contributed by atoms with E-state index in [-0.39, 0.29) is 5.82 Å². The first-order valence-electron chi connectivity index (χ1n) is 5.19. The summed E-state index contributed by atoms with van der Waals surface area (Å²) in [7, 11) is 0. The van der Waals surface area contributed by atoms with E-state index in [1.54, 1.807) is 12.1 Å². The van der Waals surface area contributed by atoms with Crippen LogP contribution >= 0.6 is 34.4 Å². The maximum atomic E-state index is 13.5. The van der Waals surface area contributed by atoms with Crippen LogP contribution in [0, 0.1) is 9.39 Å². The average Bonchev–Trinajstić information content (AvgIpc) is 2.23. The molecule has 0 saturated carbocycles. The van der Waals surface area contributed by atoms with Gasteiger partial charge in [-0.2, -0.15) is 11.8 Å². The molecule has 16 heavy (non-hydrogen) atoms. The van der Waals surface area contributed by atoms with Crippen LogP contribution in [-0.4, -0.2) is 24.1 Å². The zero-order valence-corrected chi connectivity index (χ0v) is 12.0. The number of nitrogens with two attached hydrogens (primary N) is 1. The van der Waals surface area contributed by atoms with Gasteiger partial charge in [0, 0.05) is 30.2 Å². The van der Waals surface area contributed by atoms with E-state index in [9.17, 15) is 4.39 Å². The maximum absolute atomic E-state index is 13.5. The summed E-state index contributed by atoms with van der Waals surface area (Å²) in [4.78, 5) is 2.18. The van der Waals surface area contributed by atoms with Crippen LogP contribution in [0.3, 0.4) is 0 Å². The lowest BCUT2D eigenvalue weighted by Gasteiger charge is -2.33. The predicted molar refractivity (Wildman–Crippen MR) is 77.7 cm³/mol. The number of rotatable bonds is 1. The Labute approximate surface area is 113 Å². The van der Waals surface area contributed by atoms with E-state index in [1.807, 2.05) is 34.4 Å². The van der Waals surface area contributed by atoms with Crippen molar-refractivity contribution in [3.63, 3.8) is 0 Å². The van der Waals surface area contributed by atoms with Crippen LogP contribution in [0.1, 0.15) is 6.92 Å². The minimum absolute atomic E-state index is 0.185. The van der Waals surface area contributed by atoms with E-state index in [0.29, 0.717) is 14.5 Å². The van der Waals surface area contributed by atoms with Gasteiger partial charge in [-0.3, -0.25) is 0 Å². The molecule has 5 heteroatoms. The fourth-order valence-corrected chi connectivity index (χ4v) is 3.37. The van der Waals surface area contributed by atoms with Crippen LogP contribution in [-0.2, 0) is 0 Å². The number of hydrogen-bond donors (Lipinski definition) is 1. The highest BCUT2D eigenvalue weighted by molar-refractivity contribution is 14.1. The Balaban J connectivity index is 2.29. The van der Waals surface area contributed by atoms with Crippen molar-refractivity contribution in [1.82, 2.24) is 0 Å². The third-order valence-corrected chi connectivity index (χ3v) is 4.61. The van der Waals surface area contributed by atoms with Gasteiger partial charge in [0.2, 0.25) is 0 Å². The second-order valence-corrected chi connectivity index (χ2v) is 6.66. The number of anilines is 2. The third-order valence-electron chi connectivity index (χ3n) is 2.65. The van der Waals surface area contributed by atoms with Crippen molar-refractivity contribution in [1.29, 1.82) is 0 Å². The summed E-state index contributed by atoms with van der Waals surface area (Å²) in [6.45, 7) is 4.07. The Morgan fingerprint density at radius 2 is 2.31 bits per heavy atom. The Kier molecular flexibility index (Phi) is 3.84. The van der Waals surface area contributed by atoms with Crippen LogP contribution in [0.5, 0.6) is 0 Å². The number of benzene rings is 1. The minimum Gasteiger partial charge on any atom is -0.397 e. The molecule has 1 aliphatic heterocycles. The minimum atomic E-state index is -0.185. The molecule has 2 rings (SSSR count). The number of thioether (sulfide) groups is 1. The van der Waals surface area contributed by atoms with Gasteiger partial charge >= 0.3 is 0 Å². The summed E-state index contributed by atoms with van der Waals surface area (Å²) < 4.78 is 14.1. The topological polar surface area (TPSA) is 29.3 Å². The Morgan fingerprint density at radius 3 is 3.00 bits per heavy atom. The number of nitrogen functional groups attached to an aromatic ring is 1. The Morgan fingerprint density at radius 1 is 1.56 bits per heavy atom. The van der Waals surface area contributed by atoms with Crippen LogP contribution in [0.2, 0.25) is 0 Å². The first-order chi connectivity index (χ1) is 7.58. The monoisotopic (exact) mass is 352 g/mol. The summed E-state index contributed by atoms with van der Waals surface area (Å²) >= 11 is 3.92. The number of halogens is 2. The maximum Gasteiger partial charge on any atom is 0.138 e. The van der Waals surface area contributed by atoms with Crippen LogP contribution in [0.15, 0.2) is 12.1 Å². The van der Waals surface area contributed by atoms with Gasteiger partial charge in [-0.15, -0.1) is 0 Å². The molecule has 0 bridgehead atoms. The normalized spacial score (nSPS) is 21.2. The van der Waals surface area contributed by atoms with Crippen molar-refractivity contribution in [3.8, 4) is 0 Å². The SMILES string of the molecule is CC1CN(c2cc(F)c(I)cc2N)CCS1. The third kappa shape index (κ3) is 2.56. The molecule has 2 nitrogen and oxygen atoms in total. The van der Waals surface area contributed by atoms with Gasteiger partial charge in [0.15, 0.2) is 0 Å². The van der Waals surface area contributed by atoms with Crippen molar-refractivity contribution in [2.45, 2.75) is 12.2 Å². The van der Waals surface area contributed by atoms with Gasteiger partial charge in [-0.05, 0) is 28.7 Å². The molecule has 88 valence electrons. The summed E-state index contributed by atoms with van der Waals surface area (Å²) in [5.74, 6) is 0.893. The lowest BCUT2D eigenvalue weighted by molar-refractivity contribution is 0.619. The molecule has 1 fully saturated rings. The van der Waals surface area contributed by atoms with E-state index >= 15 is 0 Å². The van der Waals surface area contributed by atoms with E-state index in [1.165, 1.54) is 0 Å². The molecule has 1 unspecified atom stereocenters. The smallest absolute Gasteiger partial charge is 0.138 e. The van der Waals surface area contributed by atoms with Gasteiger partial charge in [-0.1, -0.05) is 6.92 Å². The van der Waals surface area contributed by atoms with Crippen molar-refractivity contribution in [2.75, 3.05) is 29.5 Å². The van der Waals surface area contributed by atoms with Gasteiger partial charge < -0.3 is 10.6 Å². The average molecular weight is 352 g/mol. The summed E-state index contributed by atoms with van der Waals surface area (Å²) in [5.41, 5.74) is 7.46. The van der Waals surface area contributed by atoms with Crippen LogP contribution < -0.4 is 10.6 Å². The van der Waals surface area contributed by atoms with Gasteiger partial charge in [-0.25, -0.2) is 4.39 Å². The Hall–Kier alpha value is -0.170. The molecule has 2 N–H and O–H groups in total. The van der Waals surface area contributed by atoms with Gasteiger partial charge in [0.25, 0.3) is 0 Å². The van der Waals surface area contributed by atoms with Crippen molar-refractivity contribution < 1.29 is 4.39 Å². The van der Waals surface area contributed by atoms with E-state index < -0.39 is 0 Å². The molecule has 0 aromatic heterocycles. The van der Waals surface area contributed by atoms with Crippen molar-refractivity contribution in [2.24, 2.45) is 0 Å². The molecular weight excluding hydrogens is 338 g/mol. The van der Waals surface area contributed by atoms with E-state index in [2.05, 4.69) is 11.8 Å². The molecule has 0 spiro atoms. The summed E-state index contributed by atoms with van der Waals surface area (Å²) in [6, 6.07) is 3.26. The molecule has 1 aromatic carbocycles. The highest BCUT2D eigenvalue weighted by Crippen LogP contribution is 2.30. The van der Waals surface area contributed by atoms with Gasteiger partial charge in [0.05, 0.1) is 14.9 Å². The number of nitrogens with zero attached hydrogens (tertiary/aromatic N) is 1. The molecule has 1 saturated heterocycles. The fourth-order valence-electron chi connectivity index (χ4n) is 1.86. The second kappa shape index (κ2) is 5.00. The molecule has 0 amide bonds. The second-order valence-electron chi connectivity index (χ2n) is 3.95. The molecular formula is C11H14FIN2S. The lowest BCUT2D eigenvalue weighted by Crippen LogP contribution is -2.37. The van der Waals surface area contributed by atoms with Crippen LogP contribution in [0.4, 0.5) is 15.8 Å². The molecule has 1 aromatic rings. The first kappa shape index (κ1) is 12.3. The lowest BCUT2D eigenvalue weighted by atomic mass is 10.2. The quantitative estimate of drug-likeness (QED) is 0.623. The zero-order chi connectivity index (χ0) is 11.7. The largest absolute Gasteiger partial charge is 0.397 e. The van der Waals surface area contributed by atoms with Crippen molar-refractivity contribution in [3.05, 3.63) is 21.5 Å². The highest BCUT2D eigenvalue weighted by atomic mass is 127. The van der Waals surface area contributed by atoms with E-state index in [0.717, 1.165) is 24.5 Å². The molecule has 1 aliphatic rings. The highest BCUT2D eigenvalue weighted by Gasteiger charge is 2.19. The standard InChI is InChI=1S/C11H14FIN2S/c1-7-6-15(2-3-16-7)11-4-8(12)9(13)5-10(11)14/h4-5,7H,2-3,6,14H2,1H3. The Bertz CT molecular complexity index is 400. The van der Waals surface area contributed by atoms with Crippen LogP contribution in [0.25, 0.3) is 0 Å². The van der Waals surface area contributed by atoms with Crippen molar-refractivity contribution >= 4 is 45.7 Å². The molecule has 0 aliphatic carbocycles. The van der Waals surface area contributed by atoms with E-state index in [4.69, 9.17) is 5.73 Å². The van der Waals surface area contributed by atoms with Gasteiger partial charge in [0.1, 0.15) is 5.82 Å². The molecule has 0 radical (unpaired) electrons. The predicted octanol–water partition coefficient (Wildman–Crippen LogP) is 2.95. The molecule has 1 heterocycles. The summed E-state index contributed by atoms with van der Waals surface area (Å²) in [6.07, 6.45) is 0. The zero-order valence-electron chi connectivity index (χ0n) is 9.04. The fraction of sp³-hybridized carbons (Fsp3) is 0.455.